The van der Waals surface area contributed by atoms with E-state index in [4.69, 9.17) is 0 Å². The van der Waals surface area contributed by atoms with E-state index in [-0.39, 0.29) is 11.4 Å². The molecule has 7 heteroatoms. The first-order chi connectivity index (χ1) is 11.2. The molecule has 0 aliphatic heterocycles. The van der Waals surface area contributed by atoms with Crippen molar-refractivity contribution < 1.29 is 9.90 Å². The van der Waals surface area contributed by atoms with Crippen molar-refractivity contribution in [1.29, 1.82) is 0 Å². The summed E-state index contributed by atoms with van der Waals surface area (Å²) in [7, 11) is 0. The number of aromatic hydroxyl groups is 1. The maximum atomic E-state index is 12.3. The zero-order chi connectivity index (χ0) is 16.1. The first-order valence-electron chi connectivity index (χ1n) is 6.99. The van der Waals surface area contributed by atoms with Gasteiger partial charge in [0.1, 0.15) is 5.75 Å². The SMILES string of the molecule is O=C(Nc1cncc(O)c1)c1n[nH]cc1NCc1ccccc1. The lowest BCUT2D eigenvalue weighted by Crippen LogP contribution is -2.15. The number of nitrogens with one attached hydrogen (secondary N) is 3. The van der Waals surface area contributed by atoms with Crippen molar-refractivity contribution in [3.63, 3.8) is 0 Å². The summed E-state index contributed by atoms with van der Waals surface area (Å²) in [6.07, 6.45) is 4.36. The highest BCUT2D eigenvalue weighted by molar-refractivity contribution is 6.06. The number of hydrogen-bond acceptors (Lipinski definition) is 5. The highest BCUT2D eigenvalue weighted by Crippen LogP contribution is 2.17. The highest BCUT2D eigenvalue weighted by atomic mass is 16.3. The van der Waals surface area contributed by atoms with Gasteiger partial charge in [-0.2, -0.15) is 5.10 Å². The molecule has 0 aliphatic rings. The average molecular weight is 309 g/mol. The molecule has 3 rings (SSSR count). The van der Waals surface area contributed by atoms with Crippen molar-refractivity contribution in [2.24, 2.45) is 0 Å². The minimum absolute atomic E-state index is 0.0211. The van der Waals surface area contributed by atoms with Crippen LogP contribution < -0.4 is 10.6 Å². The zero-order valence-corrected chi connectivity index (χ0v) is 12.2. The lowest BCUT2D eigenvalue weighted by molar-refractivity contribution is 0.102. The Labute approximate surface area is 132 Å². The van der Waals surface area contributed by atoms with Crippen LogP contribution in [0.4, 0.5) is 11.4 Å². The summed E-state index contributed by atoms with van der Waals surface area (Å²) in [6, 6.07) is 11.2. The molecule has 0 spiro atoms. The fraction of sp³-hybridized carbons (Fsp3) is 0.0625. The molecule has 116 valence electrons. The fourth-order valence-electron chi connectivity index (χ4n) is 2.08. The Balaban J connectivity index is 1.69. The molecule has 1 aromatic carbocycles. The van der Waals surface area contributed by atoms with Crippen LogP contribution in [0.15, 0.2) is 55.0 Å². The molecule has 23 heavy (non-hydrogen) atoms. The summed E-state index contributed by atoms with van der Waals surface area (Å²) >= 11 is 0. The van der Waals surface area contributed by atoms with Crippen LogP contribution in [0, 0.1) is 0 Å². The molecule has 1 amide bonds. The van der Waals surface area contributed by atoms with Crippen molar-refractivity contribution in [2.75, 3.05) is 10.6 Å². The van der Waals surface area contributed by atoms with E-state index >= 15 is 0 Å². The molecule has 0 fully saturated rings. The number of carbonyl (C=O) groups excluding carboxylic acids is 1. The van der Waals surface area contributed by atoms with Gasteiger partial charge in [-0.25, -0.2) is 0 Å². The third-order valence-corrected chi connectivity index (χ3v) is 3.16. The maximum absolute atomic E-state index is 12.3. The molecule has 2 heterocycles. The van der Waals surface area contributed by atoms with Gasteiger partial charge in [0.2, 0.25) is 0 Å². The molecule has 0 atom stereocenters. The van der Waals surface area contributed by atoms with E-state index in [0.29, 0.717) is 17.9 Å². The minimum Gasteiger partial charge on any atom is -0.506 e. The topological polar surface area (TPSA) is 103 Å². The number of pyridine rings is 1. The van der Waals surface area contributed by atoms with Gasteiger partial charge in [-0.15, -0.1) is 0 Å². The van der Waals surface area contributed by atoms with Gasteiger partial charge in [0, 0.05) is 18.8 Å². The van der Waals surface area contributed by atoms with Crippen LogP contribution in [-0.2, 0) is 6.54 Å². The predicted octanol–water partition coefficient (Wildman–Crippen LogP) is 2.37. The van der Waals surface area contributed by atoms with E-state index < -0.39 is 5.91 Å². The average Bonchev–Trinajstić information content (AvgIpc) is 3.02. The van der Waals surface area contributed by atoms with E-state index in [0.717, 1.165) is 5.56 Å². The molecule has 7 nitrogen and oxygen atoms in total. The van der Waals surface area contributed by atoms with Gasteiger partial charge in [-0.1, -0.05) is 30.3 Å². The molecule has 0 radical (unpaired) electrons. The fourth-order valence-corrected chi connectivity index (χ4v) is 2.08. The summed E-state index contributed by atoms with van der Waals surface area (Å²) in [5.41, 5.74) is 2.33. The quantitative estimate of drug-likeness (QED) is 0.579. The zero-order valence-electron chi connectivity index (χ0n) is 12.2. The molecule has 2 aromatic heterocycles. The molecule has 4 N–H and O–H groups in total. The van der Waals surface area contributed by atoms with Gasteiger partial charge in [0.05, 0.1) is 23.8 Å². The second kappa shape index (κ2) is 6.61. The number of aromatic nitrogens is 3. The molecule has 0 unspecified atom stereocenters. The Morgan fingerprint density at radius 1 is 1.22 bits per heavy atom. The molecule has 0 saturated carbocycles. The lowest BCUT2D eigenvalue weighted by Gasteiger charge is -2.07. The maximum Gasteiger partial charge on any atom is 0.278 e. The summed E-state index contributed by atoms with van der Waals surface area (Å²) in [5.74, 6) is -0.415. The Kier molecular flexibility index (Phi) is 4.19. The van der Waals surface area contributed by atoms with Crippen LogP contribution in [0.2, 0.25) is 0 Å². The third-order valence-electron chi connectivity index (χ3n) is 3.16. The highest BCUT2D eigenvalue weighted by Gasteiger charge is 2.15. The van der Waals surface area contributed by atoms with E-state index in [1.807, 2.05) is 30.3 Å². The van der Waals surface area contributed by atoms with Gasteiger partial charge < -0.3 is 15.7 Å². The molecule has 3 aromatic rings. The number of nitrogens with zero attached hydrogens (tertiary/aromatic N) is 2. The second-order valence-electron chi connectivity index (χ2n) is 4.87. The van der Waals surface area contributed by atoms with Crippen LogP contribution in [0.25, 0.3) is 0 Å². The molecular formula is C16H15N5O2. The summed E-state index contributed by atoms with van der Waals surface area (Å²) in [6.45, 7) is 0.578. The number of aromatic amines is 1. The van der Waals surface area contributed by atoms with Crippen LogP contribution in [-0.4, -0.2) is 26.2 Å². The predicted molar refractivity (Wildman–Crippen MR) is 86.2 cm³/mol. The van der Waals surface area contributed by atoms with E-state index in [1.54, 1.807) is 6.20 Å². The Morgan fingerprint density at radius 2 is 2.04 bits per heavy atom. The van der Waals surface area contributed by atoms with Crippen LogP contribution in [0.1, 0.15) is 16.1 Å². The minimum atomic E-state index is -0.394. The molecule has 0 bridgehead atoms. The standard InChI is InChI=1S/C16H15N5O2/c22-13-6-12(8-17-9-13)20-16(23)15-14(10-19-21-15)18-7-11-4-2-1-3-5-11/h1-6,8-10,18,22H,7H2,(H,19,21)(H,20,23). The largest absolute Gasteiger partial charge is 0.506 e. The number of H-pyrrole nitrogens is 1. The summed E-state index contributed by atoms with van der Waals surface area (Å²) in [5, 5.41) is 21.8. The van der Waals surface area contributed by atoms with Gasteiger partial charge in [-0.3, -0.25) is 14.9 Å². The van der Waals surface area contributed by atoms with Crippen LogP contribution in [0.3, 0.4) is 0 Å². The van der Waals surface area contributed by atoms with Crippen molar-refractivity contribution in [1.82, 2.24) is 15.2 Å². The number of hydrogen-bond donors (Lipinski definition) is 4. The lowest BCUT2D eigenvalue weighted by atomic mass is 10.2. The normalized spacial score (nSPS) is 10.3. The van der Waals surface area contributed by atoms with Crippen molar-refractivity contribution >= 4 is 17.3 Å². The third kappa shape index (κ3) is 3.65. The smallest absolute Gasteiger partial charge is 0.278 e. The van der Waals surface area contributed by atoms with Gasteiger partial charge in [0.15, 0.2) is 5.69 Å². The first-order valence-corrected chi connectivity index (χ1v) is 6.99. The van der Waals surface area contributed by atoms with Gasteiger partial charge >= 0.3 is 0 Å². The van der Waals surface area contributed by atoms with Crippen molar-refractivity contribution in [3.05, 3.63) is 66.2 Å². The second-order valence-corrected chi connectivity index (χ2v) is 4.87. The first kappa shape index (κ1) is 14.6. The number of anilines is 2. The Morgan fingerprint density at radius 3 is 2.83 bits per heavy atom. The van der Waals surface area contributed by atoms with Gasteiger partial charge in [0.25, 0.3) is 5.91 Å². The van der Waals surface area contributed by atoms with Crippen LogP contribution >= 0.6 is 0 Å². The van der Waals surface area contributed by atoms with Gasteiger partial charge in [-0.05, 0) is 5.56 Å². The monoisotopic (exact) mass is 309 g/mol. The number of carbonyl (C=O) groups is 1. The Hall–Kier alpha value is -3.35. The number of amides is 1. The van der Waals surface area contributed by atoms with Crippen LogP contribution in [0.5, 0.6) is 5.75 Å². The van der Waals surface area contributed by atoms with Crippen molar-refractivity contribution in [3.8, 4) is 5.75 Å². The summed E-state index contributed by atoms with van der Waals surface area (Å²) in [4.78, 5) is 16.1. The van der Waals surface area contributed by atoms with E-state index in [9.17, 15) is 9.90 Å². The molecule has 0 saturated heterocycles. The number of benzene rings is 1. The van der Waals surface area contributed by atoms with E-state index in [2.05, 4.69) is 25.8 Å². The van der Waals surface area contributed by atoms with E-state index in [1.165, 1.54) is 18.5 Å². The molecular weight excluding hydrogens is 294 g/mol. The van der Waals surface area contributed by atoms with Crippen molar-refractivity contribution in [2.45, 2.75) is 6.54 Å². The molecule has 0 aliphatic carbocycles. The number of rotatable bonds is 5. The Bertz CT molecular complexity index is 801. The summed E-state index contributed by atoms with van der Waals surface area (Å²) < 4.78 is 0.